The van der Waals surface area contributed by atoms with Crippen LogP contribution in [0.1, 0.15) is 48.9 Å². The zero-order valence-electron chi connectivity index (χ0n) is 18.3. The molecule has 0 radical (unpaired) electrons. The van der Waals surface area contributed by atoms with Crippen LogP contribution in [0.25, 0.3) is 10.8 Å². The highest BCUT2D eigenvalue weighted by atomic mass is 16.6. The van der Waals surface area contributed by atoms with Crippen molar-refractivity contribution in [3.63, 3.8) is 0 Å². The molecule has 1 atom stereocenters. The molecule has 0 aromatic heterocycles. The highest BCUT2D eigenvalue weighted by Gasteiger charge is 2.52. The van der Waals surface area contributed by atoms with Crippen LogP contribution in [0.15, 0.2) is 66.7 Å². The summed E-state index contributed by atoms with van der Waals surface area (Å²) in [7, 11) is 0. The van der Waals surface area contributed by atoms with E-state index in [9.17, 15) is 14.4 Å². The van der Waals surface area contributed by atoms with Gasteiger partial charge in [0, 0.05) is 22.3 Å². The number of hydrogen-bond acceptors (Lipinski definition) is 4. The van der Waals surface area contributed by atoms with Gasteiger partial charge in [-0.2, -0.15) is 0 Å². The molecule has 1 spiro atoms. The van der Waals surface area contributed by atoms with Crippen molar-refractivity contribution >= 4 is 39.9 Å². The minimum atomic E-state index is -0.655. The largest absolute Gasteiger partial charge is 0.458 e. The summed E-state index contributed by atoms with van der Waals surface area (Å²) in [5, 5.41) is 7.91. The van der Waals surface area contributed by atoms with Crippen molar-refractivity contribution in [3.8, 4) is 0 Å². The van der Waals surface area contributed by atoms with E-state index in [4.69, 9.17) is 4.74 Å². The Labute approximate surface area is 192 Å². The number of nitrogens with one attached hydrogen (secondary N) is 2. The fourth-order valence-corrected chi connectivity index (χ4v) is 5.09. The molecule has 2 N–H and O–H groups in total. The van der Waals surface area contributed by atoms with Crippen LogP contribution in [-0.4, -0.2) is 23.4 Å². The number of amides is 2. The van der Waals surface area contributed by atoms with Crippen LogP contribution >= 0.6 is 0 Å². The first kappa shape index (κ1) is 21.2. The van der Waals surface area contributed by atoms with Gasteiger partial charge >= 0.3 is 5.97 Å². The molecule has 2 aliphatic rings. The van der Waals surface area contributed by atoms with Crippen molar-refractivity contribution in [3.05, 3.63) is 72.3 Å². The molecule has 168 valence electrons. The fraction of sp³-hybridized carbons (Fsp3) is 0.296. The maximum absolute atomic E-state index is 13.0. The Morgan fingerprint density at radius 3 is 2.36 bits per heavy atom. The van der Waals surface area contributed by atoms with E-state index in [2.05, 4.69) is 10.6 Å². The summed E-state index contributed by atoms with van der Waals surface area (Å²) >= 11 is 0. The van der Waals surface area contributed by atoms with E-state index < -0.39 is 11.5 Å². The first-order valence-corrected chi connectivity index (χ1v) is 11.5. The van der Waals surface area contributed by atoms with Crippen molar-refractivity contribution in [2.45, 2.75) is 44.1 Å². The van der Waals surface area contributed by atoms with E-state index in [0.717, 1.165) is 48.6 Å². The van der Waals surface area contributed by atoms with Gasteiger partial charge in [-0.05, 0) is 61.4 Å². The van der Waals surface area contributed by atoms with Crippen LogP contribution in [0.3, 0.4) is 0 Å². The second-order valence-corrected chi connectivity index (χ2v) is 8.90. The molecule has 0 bridgehead atoms. The zero-order chi connectivity index (χ0) is 22.8. The molecule has 1 aliphatic carbocycles. The highest BCUT2D eigenvalue weighted by molar-refractivity contribution is 6.09. The molecular formula is C27H26N2O4. The van der Waals surface area contributed by atoms with E-state index >= 15 is 0 Å². The minimum absolute atomic E-state index is 0.122. The van der Waals surface area contributed by atoms with Gasteiger partial charge < -0.3 is 15.4 Å². The lowest BCUT2D eigenvalue weighted by atomic mass is 9.75. The number of ether oxygens (including phenoxy) is 1. The van der Waals surface area contributed by atoms with Crippen LogP contribution in [0.4, 0.5) is 11.4 Å². The molecule has 6 heteroatoms. The molecule has 1 heterocycles. The lowest BCUT2D eigenvalue weighted by molar-refractivity contribution is -0.153. The van der Waals surface area contributed by atoms with E-state index in [0.29, 0.717) is 11.3 Å². The molecular weight excluding hydrogens is 416 g/mol. The number of rotatable bonds is 4. The minimum Gasteiger partial charge on any atom is -0.458 e. The topological polar surface area (TPSA) is 84.5 Å². The Hall–Kier alpha value is -3.67. The highest BCUT2D eigenvalue weighted by Crippen LogP contribution is 2.44. The Balaban J connectivity index is 1.27. The summed E-state index contributed by atoms with van der Waals surface area (Å²) in [6.45, 7) is 0. The number of carbonyl (C=O) groups excluding carboxylic acids is 3. The number of esters is 1. The number of fused-ring (bicyclic) bond motifs is 1. The quantitative estimate of drug-likeness (QED) is 0.537. The SMILES string of the molecule is O=C1C[C@@H](C(=O)Nc2ccc(C(=O)Nc3cccc4ccccc34)cc2)C2(CCCCC2)O1. The van der Waals surface area contributed by atoms with Gasteiger partial charge in [0.15, 0.2) is 0 Å². The molecule has 1 saturated heterocycles. The molecule has 6 nitrogen and oxygen atoms in total. The molecule has 3 aromatic rings. The van der Waals surface area contributed by atoms with Crippen molar-refractivity contribution in [1.29, 1.82) is 0 Å². The first-order valence-electron chi connectivity index (χ1n) is 11.5. The average Bonchev–Trinajstić information content (AvgIpc) is 3.15. The second kappa shape index (κ2) is 8.70. The van der Waals surface area contributed by atoms with E-state index in [-0.39, 0.29) is 24.2 Å². The third kappa shape index (κ3) is 4.21. The van der Waals surface area contributed by atoms with E-state index in [1.807, 2.05) is 42.5 Å². The Kier molecular flexibility index (Phi) is 5.58. The summed E-state index contributed by atoms with van der Waals surface area (Å²) in [6.07, 6.45) is 4.65. The lowest BCUT2D eigenvalue weighted by Crippen LogP contribution is -2.43. The van der Waals surface area contributed by atoms with Crippen molar-refractivity contribution in [2.75, 3.05) is 10.6 Å². The first-order chi connectivity index (χ1) is 16.0. The van der Waals surface area contributed by atoms with Crippen molar-refractivity contribution in [2.24, 2.45) is 5.92 Å². The third-order valence-corrected chi connectivity index (χ3v) is 6.79. The summed E-state index contributed by atoms with van der Waals surface area (Å²) in [4.78, 5) is 37.8. The Bertz CT molecular complexity index is 1210. The van der Waals surface area contributed by atoms with E-state index in [1.165, 1.54) is 0 Å². The molecule has 33 heavy (non-hydrogen) atoms. The monoisotopic (exact) mass is 442 g/mol. The molecule has 2 amide bonds. The third-order valence-electron chi connectivity index (χ3n) is 6.79. The molecule has 2 fully saturated rings. The Morgan fingerprint density at radius 1 is 0.848 bits per heavy atom. The van der Waals surface area contributed by atoms with Gasteiger partial charge in [-0.1, -0.05) is 42.8 Å². The predicted molar refractivity (Wildman–Crippen MR) is 127 cm³/mol. The van der Waals surface area contributed by atoms with Gasteiger partial charge in [-0.15, -0.1) is 0 Å². The van der Waals surface area contributed by atoms with Gasteiger partial charge in [0.05, 0.1) is 12.3 Å². The van der Waals surface area contributed by atoms with Gasteiger partial charge in [0.1, 0.15) is 5.60 Å². The van der Waals surface area contributed by atoms with Crippen molar-refractivity contribution < 1.29 is 19.1 Å². The number of carbonyl (C=O) groups is 3. The van der Waals surface area contributed by atoms with Crippen molar-refractivity contribution in [1.82, 2.24) is 0 Å². The Morgan fingerprint density at radius 2 is 1.58 bits per heavy atom. The summed E-state index contributed by atoms with van der Waals surface area (Å²) in [5.74, 6) is -1.19. The van der Waals surface area contributed by atoms with E-state index in [1.54, 1.807) is 24.3 Å². The van der Waals surface area contributed by atoms with Crippen LogP contribution in [0.2, 0.25) is 0 Å². The van der Waals surface area contributed by atoms with Crippen LogP contribution in [0.5, 0.6) is 0 Å². The smallest absolute Gasteiger partial charge is 0.307 e. The molecule has 5 rings (SSSR count). The number of anilines is 2. The van der Waals surface area contributed by atoms with Crippen LogP contribution in [-0.2, 0) is 14.3 Å². The van der Waals surface area contributed by atoms with Gasteiger partial charge in [0.2, 0.25) is 5.91 Å². The molecule has 3 aromatic carbocycles. The molecule has 0 unspecified atom stereocenters. The van der Waals surface area contributed by atoms with Gasteiger partial charge in [0.25, 0.3) is 5.91 Å². The summed E-state index contributed by atoms with van der Waals surface area (Å²) in [5.41, 5.74) is 1.17. The zero-order valence-corrected chi connectivity index (χ0v) is 18.3. The molecule has 1 saturated carbocycles. The lowest BCUT2D eigenvalue weighted by Gasteiger charge is -2.36. The predicted octanol–water partition coefficient (Wildman–Crippen LogP) is 5.30. The summed E-state index contributed by atoms with van der Waals surface area (Å²) < 4.78 is 5.65. The maximum Gasteiger partial charge on any atom is 0.307 e. The fourth-order valence-electron chi connectivity index (χ4n) is 5.09. The van der Waals surface area contributed by atoms with Crippen LogP contribution < -0.4 is 10.6 Å². The average molecular weight is 443 g/mol. The van der Waals surface area contributed by atoms with Gasteiger partial charge in [-0.3, -0.25) is 14.4 Å². The summed E-state index contributed by atoms with van der Waals surface area (Å²) in [6, 6.07) is 20.5. The van der Waals surface area contributed by atoms with Crippen LogP contribution in [0, 0.1) is 5.92 Å². The normalized spacial score (nSPS) is 19.3. The standard InChI is InChI=1S/C27H26N2O4/c30-24-17-22(27(33-24)15-4-1-5-16-27)26(32)28-20-13-11-19(12-14-20)25(31)29-23-10-6-8-18-7-2-3-9-21(18)23/h2-3,6-14,22H,1,4-5,15-17H2,(H,28,32)(H,29,31)/t22-/m0/s1. The molecule has 1 aliphatic heterocycles. The maximum atomic E-state index is 13.0. The number of benzene rings is 3. The van der Waals surface area contributed by atoms with Gasteiger partial charge in [-0.25, -0.2) is 0 Å². The second-order valence-electron chi connectivity index (χ2n) is 8.90. The number of hydrogen-bond donors (Lipinski definition) is 2.